The van der Waals surface area contributed by atoms with Crippen LogP contribution in [0.15, 0.2) is 73.1 Å². The number of piperidine rings is 1. The lowest BCUT2D eigenvalue weighted by atomic mass is 9.83. The summed E-state index contributed by atoms with van der Waals surface area (Å²) in [7, 11) is 1.62. The van der Waals surface area contributed by atoms with Gasteiger partial charge in [0.25, 0.3) is 5.91 Å². The monoisotopic (exact) mass is 1280 g/mol. The van der Waals surface area contributed by atoms with Crippen molar-refractivity contribution in [3.8, 4) is 11.5 Å². The second kappa shape index (κ2) is 37.8. The highest BCUT2D eigenvalue weighted by molar-refractivity contribution is 6.30. The Morgan fingerprint density at radius 3 is 2.18 bits per heavy atom. The minimum Gasteiger partial charge on any atom is -0.497 e. The summed E-state index contributed by atoms with van der Waals surface area (Å²) >= 11 is 6.21. The zero-order valence-electron chi connectivity index (χ0n) is 53.4. The predicted molar refractivity (Wildman–Crippen MR) is 347 cm³/mol. The molecule has 498 valence electrons. The number of methoxy groups -OCH3 is 1. The van der Waals surface area contributed by atoms with Gasteiger partial charge in [0.05, 0.1) is 97.4 Å². The molecule has 2 aliphatic carbocycles. The minimum absolute atomic E-state index is 0.0214. The number of anilines is 1. The van der Waals surface area contributed by atoms with Crippen LogP contribution in [0.1, 0.15) is 127 Å². The third-order valence-corrected chi connectivity index (χ3v) is 17.6. The molecule has 4 aliphatic rings. The predicted octanol–water partition coefficient (Wildman–Crippen LogP) is 4.86. The zero-order valence-corrected chi connectivity index (χ0v) is 54.1. The molecule has 5 amide bonds. The normalized spacial score (nSPS) is 18.3. The Balaban J connectivity index is 0.625. The van der Waals surface area contributed by atoms with Gasteiger partial charge in [0.1, 0.15) is 29.7 Å². The summed E-state index contributed by atoms with van der Waals surface area (Å²) in [6, 6.07) is 20.0. The summed E-state index contributed by atoms with van der Waals surface area (Å²) in [6.45, 7) is 13.9. The van der Waals surface area contributed by atoms with Gasteiger partial charge >= 0.3 is 0 Å². The van der Waals surface area contributed by atoms with Gasteiger partial charge in [-0.1, -0.05) is 68.1 Å². The maximum Gasteiger partial charge on any atom is 0.251 e. The molecule has 0 spiro atoms. The number of benzene rings is 3. The second-order valence-corrected chi connectivity index (χ2v) is 24.1. The minimum atomic E-state index is -0.672. The first-order valence-corrected chi connectivity index (χ1v) is 33.1. The molecule has 3 aromatic carbocycles. The summed E-state index contributed by atoms with van der Waals surface area (Å²) in [4.78, 5) is 82.5. The van der Waals surface area contributed by atoms with Crippen LogP contribution in [0.2, 0.25) is 5.02 Å². The van der Waals surface area contributed by atoms with Gasteiger partial charge in [-0.15, -0.1) is 0 Å². The number of amides is 5. The summed E-state index contributed by atoms with van der Waals surface area (Å²) in [6.07, 6.45) is 8.20. The van der Waals surface area contributed by atoms with Gasteiger partial charge in [0, 0.05) is 112 Å². The summed E-state index contributed by atoms with van der Waals surface area (Å²) in [5.41, 5.74) is 5.01. The molecule has 3 fully saturated rings. The van der Waals surface area contributed by atoms with E-state index in [1.54, 1.807) is 25.3 Å². The number of nitrogens with one attached hydrogen (secondary N) is 6. The molecule has 24 heteroatoms. The van der Waals surface area contributed by atoms with Crippen LogP contribution in [-0.4, -0.2) is 212 Å². The number of halogens is 1. The van der Waals surface area contributed by atoms with E-state index >= 15 is 0 Å². The van der Waals surface area contributed by atoms with Crippen LogP contribution in [0.3, 0.4) is 0 Å². The van der Waals surface area contributed by atoms with Crippen LogP contribution in [0, 0.1) is 5.92 Å². The molecule has 0 radical (unpaired) electrons. The van der Waals surface area contributed by atoms with Crippen molar-refractivity contribution < 1.29 is 57.5 Å². The van der Waals surface area contributed by atoms with Gasteiger partial charge in [0.2, 0.25) is 23.6 Å². The first-order chi connectivity index (χ1) is 44.4. The number of carbonyl (C=O) groups is 5. The van der Waals surface area contributed by atoms with E-state index < -0.39 is 18.1 Å². The number of piperazine rings is 1. The van der Waals surface area contributed by atoms with E-state index in [0.717, 1.165) is 78.8 Å². The zero-order chi connectivity index (χ0) is 64.2. The molecule has 2 saturated heterocycles. The number of hydrogen-bond acceptors (Lipinski definition) is 18. The van der Waals surface area contributed by atoms with E-state index in [9.17, 15) is 29.1 Å². The molecule has 7 N–H and O–H groups in total. The third kappa shape index (κ3) is 21.8. The SMILES string of the molecule is CCOc1cc(OC)ccc1CNCC(=O)N1CCCC(c2cccc(C(=O)N[C@@H](C(=O)NCCOCCOCCOCCOCCNCC(=O)NCCNC[C@@H](C(=O)N3CCN(c4ncnc5c4[C@H](C)C[C@H]5O)CC3)c3ccc(Cl)cc3)C3CCCCC3)c2)C1. The van der Waals surface area contributed by atoms with Crippen molar-refractivity contribution in [3.05, 3.63) is 112 Å². The lowest BCUT2D eigenvalue weighted by Crippen LogP contribution is -2.52. The molecule has 5 atom stereocenters. The first kappa shape index (κ1) is 70.3. The van der Waals surface area contributed by atoms with Gasteiger partial charge < -0.3 is 80.1 Å². The van der Waals surface area contributed by atoms with Crippen molar-refractivity contribution in [2.24, 2.45) is 5.92 Å². The summed E-state index contributed by atoms with van der Waals surface area (Å²) in [5.74, 6) is 1.51. The lowest BCUT2D eigenvalue weighted by molar-refractivity contribution is -0.133. The van der Waals surface area contributed by atoms with Crippen molar-refractivity contribution in [1.29, 1.82) is 0 Å². The Labute approximate surface area is 541 Å². The summed E-state index contributed by atoms with van der Waals surface area (Å²) in [5, 5.41) is 29.8. The lowest BCUT2D eigenvalue weighted by Gasteiger charge is -2.38. The molecule has 3 heterocycles. The Morgan fingerprint density at radius 2 is 1.45 bits per heavy atom. The highest BCUT2D eigenvalue weighted by Gasteiger charge is 2.36. The van der Waals surface area contributed by atoms with Crippen LogP contribution >= 0.6 is 11.6 Å². The van der Waals surface area contributed by atoms with Crippen molar-refractivity contribution in [1.82, 2.24) is 51.7 Å². The van der Waals surface area contributed by atoms with Crippen LogP contribution < -0.4 is 46.3 Å². The van der Waals surface area contributed by atoms with Crippen molar-refractivity contribution in [3.63, 3.8) is 0 Å². The van der Waals surface area contributed by atoms with Gasteiger partial charge in [-0.3, -0.25) is 24.0 Å². The molecule has 0 bridgehead atoms. The van der Waals surface area contributed by atoms with Crippen LogP contribution in [0.5, 0.6) is 11.5 Å². The number of aliphatic hydroxyl groups excluding tert-OH is 1. The number of aliphatic hydroxyl groups is 1. The van der Waals surface area contributed by atoms with E-state index in [4.69, 9.17) is 40.0 Å². The largest absolute Gasteiger partial charge is 0.497 e. The van der Waals surface area contributed by atoms with Gasteiger partial charge in [-0.05, 0) is 92.3 Å². The fourth-order valence-corrected chi connectivity index (χ4v) is 12.6. The van der Waals surface area contributed by atoms with Crippen LogP contribution in [0.25, 0.3) is 0 Å². The quantitative estimate of drug-likeness (QED) is 0.0297. The van der Waals surface area contributed by atoms with Crippen molar-refractivity contribution in [2.45, 2.75) is 102 Å². The fourth-order valence-electron chi connectivity index (χ4n) is 12.4. The van der Waals surface area contributed by atoms with E-state index in [1.807, 2.05) is 65.3 Å². The van der Waals surface area contributed by atoms with Crippen molar-refractivity contribution in [2.75, 3.05) is 157 Å². The molecule has 23 nitrogen and oxygen atoms in total. The third-order valence-electron chi connectivity index (χ3n) is 17.3. The number of aromatic nitrogens is 2. The number of rotatable bonds is 37. The van der Waals surface area contributed by atoms with E-state index in [0.29, 0.717) is 166 Å². The molecule has 91 heavy (non-hydrogen) atoms. The van der Waals surface area contributed by atoms with Gasteiger partial charge in [-0.2, -0.15) is 0 Å². The highest BCUT2D eigenvalue weighted by Crippen LogP contribution is 2.43. The van der Waals surface area contributed by atoms with E-state index in [2.05, 4.69) is 53.7 Å². The Bertz CT molecular complexity index is 2920. The Hall–Kier alpha value is -6.54. The van der Waals surface area contributed by atoms with Crippen molar-refractivity contribution >= 4 is 47.0 Å². The molecule has 8 rings (SSSR count). The van der Waals surface area contributed by atoms with Crippen LogP contribution in [0.4, 0.5) is 5.82 Å². The Kier molecular flexibility index (Phi) is 29.2. The number of fused-ring (bicyclic) bond motifs is 1. The molecule has 1 saturated carbocycles. The number of carbonyl (C=O) groups excluding carboxylic acids is 5. The second-order valence-electron chi connectivity index (χ2n) is 23.7. The first-order valence-electron chi connectivity index (χ1n) is 32.7. The molecular weight excluding hydrogens is 1190 g/mol. The maximum absolute atomic E-state index is 14.0. The van der Waals surface area contributed by atoms with E-state index in [-0.39, 0.29) is 60.4 Å². The van der Waals surface area contributed by atoms with Crippen LogP contribution in [-0.2, 0) is 44.7 Å². The van der Waals surface area contributed by atoms with Gasteiger partial charge in [0.15, 0.2) is 0 Å². The number of ether oxygens (including phenoxy) is 6. The summed E-state index contributed by atoms with van der Waals surface area (Å²) < 4.78 is 33.8. The molecular formula is C67H96ClN11O12. The molecule has 1 aromatic heterocycles. The highest BCUT2D eigenvalue weighted by atomic mass is 35.5. The topological polar surface area (TPSA) is 269 Å². The van der Waals surface area contributed by atoms with Gasteiger partial charge in [-0.25, -0.2) is 9.97 Å². The number of hydrogen-bond donors (Lipinski definition) is 7. The number of likely N-dealkylation sites (tertiary alicyclic amines) is 1. The fraction of sp³-hybridized carbons (Fsp3) is 0.597. The average molecular weight is 1280 g/mol. The number of nitrogens with zero attached hydrogens (tertiary/aromatic N) is 5. The maximum atomic E-state index is 14.0. The van der Waals surface area contributed by atoms with E-state index in [1.165, 1.54) is 6.33 Å². The average Bonchev–Trinajstić information content (AvgIpc) is 1.75. The smallest absolute Gasteiger partial charge is 0.251 e. The Morgan fingerprint density at radius 1 is 0.725 bits per heavy atom. The molecule has 1 unspecified atom stereocenters. The standard InChI is InChI=1S/C67H96ClN11O12/c1-4-91-58-40-55(86-3)20-17-52(58)41-71-44-60(82)79-25-9-14-53(45-79)50-12-8-13-51(39-50)65(83)76-62(49-10-6-5-7-11-49)66(84)73-24-31-88-33-35-90-37-36-89-34-32-87-30-23-70-43-59(81)72-22-21-69-42-56(48-15-18-54(68)19-16-48)67(85)78-28-26-77(27-29-78)64-61-47(2)38-57(80)63(61)74-46-75-64/h8,12-13,15-20,39-40,46-47,49,53,56-57,62,69-71,80H,4-7,9-11,14,21-38,41-45H2,1-3H3,(H,72,81)(H,73,84)(H,76,83)/t47-,53?,56-,57-,62-/m1/s1. The molecule has 2 aliphatic heterocycles. The molecule has 4 aromatic rings.